The fourth-order valence-corrected chi connectivity index (χ4v) is 3.96. The number of ether oxygens (including phenoxy) is 1. The summed E-state index contributed by atoms with van der Waals surface area (Å²) in [6.45, 7) is 4.97. The number of morpholine rings is 1. The van der Waals surface area contributed by atoms with E-state index in [0.29, 0.717) is 32.8 Å². The summed E-state index contributed by atoms with van der Waals surface area (Å²) in [5.74, 6) is 0.173. The Balaban J connectivity index is 1.73. The first kappa shape index (κ1) is 15.9. The molecule has 24 heavy (non-hydrogen) atoms. The quantitative estimate of drug-likeness (QED) is 0.835. The summed E-state index contributed by atoms with van der Waals surface area (Å²) >= 11 is 6.22. The van der Waals surface area contributed by atoms with Gasteiger partial charge in [-0.1, -0.05) is 11.6 Å². The van der Waals surface area contributed by atoms with Gasteiger partial charge in [-0.3, -0.25) is 4.79 Å². The molecule has 3 heterocycles. The minimum atomic E-state index is 0.173. The van der Waals surface area contributed by atoms with Crippen LogP contribution < -0.4 is 0 Å². The molecule has 2 aliphatic heterocycles. The fraction of sp³-hybridized carbons (Fsp3) is 0.500. The van der Waals surface area contributed by atoms with Crippen LogP contribution >= 0.6 is 11.6 Å². The number of nitrogens with zero attached hydrogens (tertiary/aromatic N) is 3. The lowest BCUT2D eigenvalue weighted by Crippen LogP contribution is -2.42. The number of rotatable bonds is 2. The molecule has 5 nitrogen and oxygen atoms in total. The van der Waals surface area contributed by atoms with Crippen molar-refractivity contribution in [3.8, 4) is 0 Å². The molecule has 0 unspecified atom stereocenters. The second-order valence-electron chi connectivity index (χ2n) is 6.65. The summed E-state index contributed by atoms with van der Waals surface area (Å²) < 4.78 is 7.55. The van der Waals surface area contributed by atoms with Crippen molar-refractivity contribution in [2.45, 2.75) is 19.5 Å². The second-order valence-corrected chi connectivity index (χ2v) is 7.09. The van der Waals surface area contributed by atoms with Gasteiger partial charge in [-0.2, -0.15) is 0 Å². The van der Waals surface area contributed by atoms with Crippen LogP contribution in [0.25, 0.3) is 10.9 Å². The van der Waals surface area contributed by atoms with Crippen molar-refractivity contribution >= 4 is 28.4 Å². The van der Waals surface area contributed by atoms with Crippen molar-refractivity contribution in [1.82, 2.24) is 14.4 Å². The van der Waals surface area contributed by atoms with E-state index in [1.54, 1.807) is 0 Å². The number of likely N-dealkylation sites (N-methyl/N-ethyl adjacent to an activating group) is 1. The number of benzene rings is 1. The lowest BCUT2D eigenvalue weighted by atomic mass is 10.1. The van der Waals surface area contributed by atoms with Gasteiger partial charge in [-0.15, -0.1) is 0 Å². The van der Waals surface area contributed by atoms with Gasteiger partial charge >= 0.3 is 0 Å². The van der Waals surface area contributed by atoms with Gasteiger partial charge in [-0.05, 0) is 30.8 Å². The Bertz CT molecular complexity index is 780. The van der Waals surface area contributed by atoms with Gasteiger partial charge in [0.05, 0.1) is 13.2 Å². The molecule has 0 spiro atoms. The summed E-state index contributed by atoms with van der Waals surface area (Å²) in [6.07, 6.45) is 0.967. The Hall–Kier alpha value is -1.56. The third-order valence-corrected chi connectivity index (χ3v) is 5.30. The van der Waals surface area contributed by atoms with E-state index in [1.165, 1.54) is 16.6 Å². The van der Waals surface area contributed by atoms with Gasteiger partial charge in [0.25, 0.3) is 0 Å². The van der Waals surface area contributed by atoms with Gasteiger partial charge in [0.2, 0.25) is 5.91 Å². The standard InChI is InChI=1S/C18H22ClN3O2/c1-20-5-4-17-15(11-20)14-10-13(19)2-3-16(14)22(17)12-18(23)21-6-8-24-9-7-21/h2-3,10H,4-9,11-12H2,1H3. The molecule has 1 fully saturated rings. The number of fused-ring (bicyclic) bond motifs is 3. The predicted octanol–water partition coefficient (Wildman–Crippen LogP) is 2.14. The molecule has 0 saturated carbocycles. The van der Waals surface area contributed by atoms with E-state index < -0.39 is 0 Å². The Kier molecular flexibility index (Phi) is 4.24. The largest absolute Gasteiger partial charge is 0.378 e. The summed E-state index contributed by atoms with van der Waals surface area (Å²) in [4.78, 5) is 17.0. The average Bonchev–Trinajstić information content (AvgIpc) is 2.88. The number of aromatic nitrogens is 1. The first-order chi connectivity index (χ1) is 11.6. The van der Waals surface area contributed by atoms with Crippen molar-refractivity contribution in [2.24, 2.45) is 0 Å². The van der Waals surface area contributed by atoms with E-state index in [2.05, 4.69) is 16.5 Å². The van der Waals surface area contributed by atoms with Crippen molar-refractivity contribution in [3.63, 3.8) is 0 Å². The average molecular weight is 348 g/mol. The summed E-state index contributed by atoms with van der Waals surface area (Å²) in [5, 5.41) is 1.93. The number of carbonyl (C=O) groups excluding carboxylic acids is 1. The summed E-state index contributed by atoms with van der Waals surface area (Å²) in [5.41, 5.74) is 3.71. The van der Waals surface area contributed by atoms with E-state index >= 15 is 0 Å². The van der Waals surface area contributed by atoms with Crippen LogP contribution in [-0.2, 0) is 29.0 Å². The minimum Gasteiger partial charge on any atom is -0.378 e. The SMILES string of the molecule is CN1CCc2c(c3cc(Cl)ccc3n2CC(=O)N2CCOCC2)C1. The Morgan fingerprint density at radius 3 is 2.83 bits per heavy atom. The van der Waals surface area contributed by atoms with Gasteiger partial charge in [0.1, 0.15) is 6.54 Å². The third-order valence-electron chi connectivity index (χ3n) is 5.06. The zero-order valence-corrected chi connectivity index (χ0v) is 14.7. The van der Waals surface area contributed by atoms with Crippen molar-refractivity contribution < 1.29 is 9.53 Å². The molecule has 2 aliphatic rings. The van der Waals surface area contributed by atoms with Crippen molar-refractivity contribution in [3.05, 3.63) is 34.5 Å². The molecule has 1 aromatic carbocycles. The topological polar surface area (TPSA) is 37.7 Å². The molecule has 6 heteroatoms. The molecule has 0 bridgehead atoms. The number of halogens is 1. The van der Waals surface area contributed by atoms with Crippen LogP contribution in [0.4, 0.5) is 0 Å². The highest BCUT2D eigenvalue weighted by Crippen LogP contribution is 2.32. The van der Waals surface area contributed by atoms with E-state index in [-0.39, 0.29) is 5.91 Å². The molecule has 2 aromatic rings. The molecular formula is C18H22ClN3O2. The van der Waals surface area contributed by atoms with Crippen LogP contribution in [0.15, 0.2) is 18.2 Å². The van der Waals surface area contributed by atoms with Gasteiger partial charge in [0, 0.05) is 54.2 Å². The molecule has 0 radical (unpaired) electrons. The molecule has 4 rings (SSSR count). The zero-order chi connectivity index (χ0) is 16.7. The number of hydrogen-bond acceptors (Lipinski definition) is 3. The van der Waals surface area contributed by atoms with Gasteiger partial charge in [-0.25, -0.2) is 0 Å². The summed E-state index contributed by atoms with van der Waals surface area (Å²) in [7, 11) is 2.13. The number of amides is 1. The predicted molar refractivity (Wildman–Crippen MR) is 94.4 cm³/mol. The van der Waals surface area contributed by atoms with Crippen LogP contribution in [0.3, 0.4) is 0 Å². The normalized spacial score (nSPS) is 18.8. The lowest BCUT2D eigenvalue weighted by molar-refractivity contribution is -0.135. The minimum absolute atomic E-state index is 0.173. The van der Waals surface area contributed by atoms with Crippen LogP contribution in [0.1, 0.15) is 11.3 Å². The molecule has 0 N–H and O–H groups in total. The maximum atomic E-state index is 12.7. The molecule has 1 aromatic heterocycles. The van der Waals surface area contributed by atoms with E-state index in [0.717, 1.165) is 30.0 Å². The van der Waals surface area contributed by atoms with Crippen LogP contribution in [0.2, 0.25) is 5.02 Å². The molecular weight excluding hydrogens is 326 g/mol. The van der Waals surface area contributed by atoms with Gasteiger partial charge in [0.15, 0.2) is 0 Å². The van der Waals surface area contributed by atoms with E-state index in [4.69, 9.17) is 16.3 Å². The van der Waals surface area contributed by atoms with E-state index in [9.17, 15) is 4.79 Å². The third kappa shape index (κ3) is 2.81. The van der Waals surface area contributed by atoms with E-state index in [1.807, 2.05) is 23.1 Å². The van der Waals surface area contributed by atoms with Crippen LogP contribution in [0.5, 0.6) is 0 Å². The fourth-order valence-electron chi connectivity index (χ4n) is 3.79. The maximum absolute atomic E-state index is 12.7. The number of carbonyl (C=O) groups is 1. The van der Waals surface area contributed by atoms with Crippen LogP contribution in [-0.4, -0.2) is 60.2 Å². The smallest absolute Gasteiger partial charge is 0.242 e. The molecule has 0 atom stereocenters. The first-order valence-corrected chi connectivity index (χ1v) is 8.85. The van der Waals surface area contributed by atoms with Crippen molar-refractivity contribution in [1.29, 1.82) is 0 Å². The lowest BCUT2D eigenvalue weighted by Gasteiger charge is -2.28. The zero-order valence-electron chi connectivity index (χ0n) is 13.9. The monoisotopic (exact) mass is 347 g/mol. The van der Waals surface area contributed by atoms with Crippen molar-refractivity contribution in [2.75, 3.05) is 39.9 Å². The first-order valence-electron chi connectivity index (χ1n) is 8.47. The Labute approximate surface area is 146 Å². The summed E-state index contributed by atoms with van der Waals surface area (Å²) in [6, 6.07) is 5.99. The molecule has 128 valence electrons. The highest BCUT2D eigenvalue weighted by atomic mass is 35.5. The molecule has 1 saturated heterocycles. The Morgan fingerprint density at radius 2 is 2.04 bits per heavy atom. The van der Waals surface area contributed by atoms with Crippen LogP contribution in [0, 0.1) is 0 Å². The molecule has 0 aliphatic carbocycles. The molecule has 1 amide bonds. The maximum Gasteiger partial charge on any atom is 0.242 e. The highest BCUT2D eigenvalue weighted by Gasteiger charge is 2.25. The second kappa shape index (κ2) is 6.39. The highest BCUT2D eigenvalue weighted by molar-refractivity contribution is 6.31. The van der Waals surface area contributed by atoms with Gasteiger partial charge < -0.3 is 19.1 Å². The number of hydrogen-bond donors (Lipinski definition) is 0. The Morgan fingerprint density at radius 1 is 1.25 bits per heavy atom.